The van der Waals surface area contributed by atoms with Crippen LogP contribution < -0.4 is 32.0 Å². The number of nitrogens with two attached hydrogens (primary N) is 1. The summed E-state index contributed by atoms with van der Waals surface area (Å²) in [6, 6.07) is 24.4. The number of anilines is 3. The fourth-order valence-electron chi connectivity index (χ4n) is 3.72. The van der Waals surface area contributed by atoms with E-state index in [0.29, 0.717) is 12.2 Å². The number of methoxy groups -OCH3 is 1. The number of hydrogen-bond donors (Lipinski definition) is 4. The minimum atomic E-state index is -0.683. The van der Waals surface area contributed by atoms with Gasteiger partial charge >= 0.3 is 0 Å². The van der Waals surface area contributed by atoms with Gasteiger partial charge in [0, 0.05) is 12.2 Å². The second-order valence-electron chi connectivity index (χ2n) is 7.74. The molecule has 0 heterocycles. The van der Waals surface area contributed by atoms with Crippen molar-refractivity contribution in [3.63, 3.8) is 0 Å². The van der Waals surface area contributed by atoms with Crippen molar-refractivity contribution >= 4 is 17.1 Å². The van der Waals surface area contributed by atoms with Crippen molar-refractivity contribution < 1.29 is 9.84 Å². The fraction of sp³-hybridized carbons (Fsp3) is 0.154. The second kappa shape index (κ2) is 9.68. The Hall–Kier alpha value is -3.94. The van der Waals surface area contributed by atoms with Crippen molar-refractivity contribution in [2.45, 2.75) is 12.1 Å². The molecule has 7 nitrogen and oxygen atoms in total. The standard InChI is InChI=1S/C26H25N3O4/c1-33-20-12-10-17(11-13-20)23(28-15-21(30)16-6-3-2-4-7-16)18-8-5-9-19(14-18)29-24-22(27)25(31)26(24)32/h2-14,21,23,28-30H,15,27H2,1H3. The first-order chi connectivity index (χ1) is 16.0. The minimum absolute atomic E-state index is 0.0544. The molecule has 4 aromatic carbocycles. The lowest BCUT2D eigenvalue weighted by molar-refractivity contribution is 0.172. The maximum atomic E-state index is 11.8. The van der Waals surface area contributed by atoms with Gasteiger partial charge in [-0.25, -0.2) is 0 Å². The number of nitrogen functional groups attached to an aromatic ring is 1. The van der Waals surface area contributed by atoms with Gasteiger partial charge in [-0.2, -0.15) is 0 Å². The van der Waals surface area contributed by atoms with Crippen LogP contribution in [0.1, 0.15) is 28.8 Å². The summed E-state index contributed by atoms with van der Waals surface area (Å²) in [5.41, 5.74) is 7.77. The van der Waals surface area contributed by atoms with Crippen molar-refractivity contribution in [2.24, 2.45) is 0 Å². The highest BCUT2D eigenvalue weighted by Crippen LogP contribution is 2.28. The zero-order valence-corrected chi connectivity index (χ0v) is 18.1. The Labute approximate surface area is 191 Å². The molecule has 0 saturated heterocycles. The molecule has 168 valence electrons. The highest BCUT2D eigenvalue weighted by Gasteiger charge is 2.20. The molecule has 4 rings (SSSR count). The van der Waals surface area contributed by atoms with Crippen molar-refractivity contribution in [1.82, 2.24) is 5.32 Å². The Morgan fingerprint density at radius 2 is 1.58 bits per heavy atom. The molecule has 4 aromatic rings. The van der Waals surface area contributed by atoms with Crippen molar-refractivity contribution in [3.8, 4) is 5.75 Å². The van der Waals surface area contributed by atoms with Gasteiger partial charge in [-0.1, -0.05) is 54.6 Å². The van der Waals surface area contributed by atoms with E-state index in [-0.39, 0.29) is 17.4 Å². The van der Waals surface area contributed by atoms with E-state index in [9.17, 15) is 14.7 Å². The van der Waals surface area contributed by atoms with Crippen LogP contribution in [0.5, 0.6) is 5.75 Å². The van der Waals surface area contributed by atoms with Crippen LogP contribution >= 0.6 is 0 Å². The summed E-state index contributed by atoms with van der Waals surface area (Å²) in [5.74, 6) is 0.743. The number of nitrogens with one attached hydrogen (secondary N) is 2. The molecule has 0 aliphatic heterocycles. The molecule has 0 fully saturated rings. The maximum Gasteiger partial charge on any atom is 0.253 e. The molecular weight excluding hydrogens is 418 g/mol. The normalized spacial score (nSPS) is 12.9. The van der Waals surface area contributed by atoms with Gasteiger partial charge in [0.15, 0.2) is 0 Å². The Morgan fingerprint density at radius 3 is 2.24 bits per heavy atom. The average molecular weight is 444 g/mol. The first kappa shape index (κ1) is 22.3. The summed E-state index contributed by atoms with van der Waals surface area (Å²) in [7, 11) is 1.61. The molecule has 0 aliphatic carbocycles. The third kappa shape index (κ3) is 4.79. The van der Waals surface area contributed by atoms with E-state index in [4.69, 9.17) is 10.5 Å². The summed E-state index contributed by atoms with van der Waals surface area (Å²) in [4.78, 5) is 23.2. The highest BCUT2D eigenvalue weighted by atomic mass is 16.5. The van der Waals surface area contributed by atoms with E-state index >= 15 is 0 Å². The van der Waals surface area contributed by atoms with Crippen molar-refractivity contribution in [2.75, 3.05) is 24.7 Å². The fourth-order valence-corrected chi connectivity index (χ4v) is 3.72. The molecule has 0 aliphatic rings. The van der Waals surface area contributed by atoms with Gasteiger partial charge < -0.3 is 26.2 Å². The van der Waals surface area contributed by atoms with Gasteiger partial charge in [-0.05, 0) is 41.0 Å². The highest BCUT2D eigenvalue weighted by molar-refractivity contribution is 5.76. The summed E-state index contributed by atoms with van der Waals surface area (Å²) in [6.07, 6.45) is -0.683. The lowest BCUT2D eigenvalue weighted by Crippen LogP contribution is -2.36. The number of aliphatic hydroxyl groups is 1. The van der Waals surface area contributed by atoms with E-state index in [2.05, 4.69) is 10.6 Å². The van der Waals surface area contributed by atoms with Gasteiger partial charge in [-0.15, -0.1) is 0 Å². The monoisotopic (exact) mass is 443 g/mol. The van der Waals surface area contributed by atoms with Crippen LogP contribution in [-0.2, 0) is 0 Å². The van der Waals surface area contributed by atoms with Crippen LogP contribution in [0.4, 0.5) is 17.1 Å². The first-order valence-corrected chi connectivity index (χ1v) is 10.5. The number of aliphatic hydroxyl groups excluding tert-OH is 1. The summed E-state index contributed by atoms with van der Waals surface area (Å²) < 4.78 is 5.27. The smallest absolute Gasteiger partial charge is 0.253 e. The maximum absolute atomic E-state index is 11.8. The molecule has 0 spiro atoms. The Kier molecular flexibility index (Phi) is 6.53. The van der Waals surface area contributed by atoms with Gasteiger partial charge in [0.1, 0.15) is 17.1 Å². The van der Waals surface area contributed by atoms with E-state index < -0.39 is 17.0 Å². The van der Waals surface area contributed by atoms with E-state index in [0.717, 1.165) is 22.4 Å². The molecular formula is C26H25N3O4. The quantitative estimate of drug-likeness (QED) is 0.294. The van der Waals surface area contributed by atoms with Crippen LogP contribution in [0, 0.1) is 0 Å². The van der Waals surface area contributed by atoms with Crippen molar-refractivity contribution in [1.29, 1.82) is 0 Å². The zero-order chi connectivity index (χ0) is 23.4. The Balaban J connectivity index is 1.61. The molecule has 0 bridgehead atoms. The molecule has 0 amide bonds. The second-order valence-corrected chi connectivity index (χ2v) is 7.74. The van der Waals surface area contributed by atoms with Crippen LogP contribution in [0.15, 0.2) is 88.5 Å². The van der Waals surface area contributed by atoms with E-state index in [1.807, 2.05) is 72.8 Å². The predicted molar refractivity (Wildman–Crippen MR) is 130 cm³/mol. The minimum Gasteiger partial charge on any atom is -0.497 e. The predicted octanol–water partition coefficient (Wildman–Crippen LogP) is 3.03. The van der Waals surface area contributed by atoms with Gasteiger partial charge in [0.05, 0.1) is 19.3 Å². The van der Waals surface area contributed by atoms with Crippen LogP contribution in [0.2, 0.25) is 0 Å². The van der Waals surface area contributed by atoms with Crippen molar-refractivity contribution in [3.05, 3.63) is 116 Å². The van der Waals surface area contributed by atoms with Gasteiger partial charge in [0.2, 0.25) is 0 Å². The average Bonchev–Trinajstić information content (AvgIpc) is 2.87. The van der Waals surface area contributed by atoms with E-state index in [1.165, 1.54) is 0 Å². The van der Waals surface area contributed by atoms with Crippen LogP contribution in [0.25, 0.3) is 0 Å². The molecule has 7 heteroatoms. The number of benzene rings is 3. The molecule has 33 heavy (non-hydrogen) atoms. The first-order valence-electron chi connectivity index (χ1n) is 10.5. The lowest BCUT2D eigenvalue weighted by atomic mass is 9.97. The Morgan fingerprint density at radius 1 is 0.879 bits per heavy atom. The lowest BCUT2D eigenvalue weighted by Gasteiger charge is -2.23. The molecule has 5 N–H and O–H groups in total. The summed E-state index contributed by atoms with van der Waals surface area (Å²) in [5, 5.41) is 17.1. The largest absolute Gasteiger partial charge is 0.497 e. The third-order valence-corrected chi connectivity index (χ3v) is 5.59. The molecule has 0 radical (unpaired) electrons. The topological polar surface area (TPSA) is 114 Å². The SMILES string of the molecule is COc1ccc(C(NCC(O)c2ccccc2)c2cccc(Nc3c(N)c(=O)c3=O)c2)cc1. The van der Waals surface area contributed by atoms with Gasteiger partial charge in [0.25, 0.3) is 10.9 Å². The zero-order valence-electron chi connectivity index (χ0n) is 18.1. The molecule has 0 aromatic heterocycles. The number of ether oxygens (including phenoxy) is 1. The number of rotatable bonds is 9. The summed E-state index contributed by atoms with van der Waals surface area (Å²) >= 11 is 0. The van der Waals surface area contributed by atoms with E-state index in [1.54, 1.807) is 13.2 Å². The summed E-state index contributed by atoms with van der Waals surface area (Å²) in [6.45, 7) is 0.323. The van der Waals surface area contributed by atoms with Crippen LogP contribution in [-0.4, -0.2) is 18.8 Å². The molecule has 0 saturated carbocycles. The third-order valence-electron chi connectivity index (χ3n) is 5.59. The van der Waals surface area contributed by atoms with Gasteiger partial charge in [-0.3, -0.25) is 9.59 Å². The Bertz CT molecular complexity index is 1300. The van der Waals surface area contributed by atoms with Crippen LogP contribution in [0.3, 0.4) is 0 Å². The molecule has 2 atom stereocenters. The molecule has 2 unspecified atom stereocenters. The number of hydrogen-bond acceptors (Lipinski definition) is 7.